The minimum atomic E-state index is -4.22. The molecule has 0 bridgehead atoms. The summed E-state index contributed by atoms with van der Waals surface area (Å²) in [7, 11) is -2.72. The zero-order chi connectivity index (χ0) is 32.6. The first kappa shape index (κ1) is 33.8. The minimum absolute atomic E-state index is 0.00713. The first-order valence-corrected chi connectivity index (χ1v) is 16.5. The van der Waals surface area contributed by atoms with Crippen LogP contribution >= 0.6 is 23.2 Å². The lowest BCUT2D eigenvalue weighted by atomic mass is 10.0. The standard InChI is InChI=1S/C34H35Cl2N3O5S/c1-24(2)37-34(41)32(21-25-11-6-4-7-12-25)38(22-29-30(35)15-10-16-31(29)36)33(40)23-39(26-17-19-27(44-3)20-18-26)45(42,43)28-13-8-5-9-14-28/h4-20,24,32H,21-23H2,1-3H3,(H,37,41)/t32-/m1/s1. The third-order valence-corrected chi connectivity index (χ3v) is 9.56. The van der Waals surface area contributed by atoms with Crippen LogP contribution < -0.4 is 14.4 Å². The number of halogens is 2. The van der Waals surface area contributed by atoms with E-state index in [1.165, 1.54) is 24.1 Å². The minimum Gasteiger partial charge on any atom is -0.497 e. The topological polar surface area (TPSA) is 96.0 Å². The molecule has 0 aromatic heterocycles. The molecule has 236 valence electrons. The second-order valence-corrected chi connectivity index (χ2v) is 13.3. The summed E-state index contributed by atoms with van der Waals surface area (Å²) in [5.74, 6) is -0.501. The summed E-state index contributed by atoms with van der Waals surface area (Å²) in [6, 6.07) is 27.2. The first-order valence-electron chi connectivity index (χ1n) is 14.3. The van der Waals surface area contributed by atoms with Crippen molar-refractivity contribution in [3.8, 4) is 5.75 Å². The zero-order valence-electron chi connectivity index (χ0n) is 25.2. The van der Waals surface area contributed by atoms with Crippen molar-refractivity contribution in [1.29, 1.82) is 0 Å². The van der Waals surface area contributed by atoms with E-state index < -0.39 is 34.4 Å². The molecule has 0 aliphatic heterocycles. The Morgan fingerprint density at radius 3 is 1.96 bits per heavy atom. The van der Waals surface area contributed by atoms with Crippen molar-refractivity contribution in [2.24, 2.45) is 0 Å². The van der Waals surface area contributed by atoms with Crippen LogP contribution in [0.25, 0.3) is 0 Å². The van der Waals surface area contributed by atoms with E-state index in [2.05, 4.69) is 5.32 Å². The Hall–Kier alpha value is -4.05. The Bertz CT molecular complexity index is 1680. The van der Waals surface area contributed by atoms with Crippen LogP contribution in [0.2, 0.25) is 10.0 Å². The molecule has 1 atom stereocenters. The van der Waals surface area contributed by atoms with E-state index in [1.807, 2.05) is 44.2 Å². The molecule has 0 saturated carbocycles. The summed E-state index contributed by atoms with van der Waals surface area (Å²) >= 11 is 13.1. The lowest BCUT2D eigenvalue weighted by molar-refractivity contribution is -0.140. The van der Waals surface area contributed by atoms with Crippen molar-refractivity contribution < 1.29 is 22.7 Å². The van der Waals surface area contributed by atoms with Gasteiger partial charge >= 0.3 is 0 Å². The monoisotopic (exact) mass is 667 g/mol. The zero-order valence-corrected chi connectivity index (χ0v) is 27.5. The van der Waals surface area contributed by atoms with Gasteiger partial charge in [-0.05, 0) is 67.9 Å². The van der Waals surface area contributed by atoms with E-state index in [9.17, 15) is 18.0 Å². The van der Waals surface area contributed by atoms with Crippen LogP contribution in [-0.2, 0) is 32.6 Å². The van der Waals surface area contributed by atoms with Gasteiger partial charge in [0, 0.05) is 34.6 Å². The van der Waals surface area contributed by atoms with E-state index in [0.29, 0.717) is 21.4 Å². The van der Waals surface area contributed by atoms with Gasteiger partial charge in [0.25, 0.3) is 10.0 Å². The summed E-state index contributed by atoms with van der Waals surface area (Å²) in [5.41, 5.74) is 1.50. The van der Waals surface area contributed by atoms with Gasteiger partial charge in [-0.25, -0.2) is 8.42 Å². The lowest BCUT2D eigenvalue weighted by Gasteiger charge is -2.34. The molecule has 0 radical (unpaired) electrons. The normalized spacial score (nSPS) is 12.0. The molecular formula is C34H35Cl2N3O5S. The maximum atomic E-state index is 14.5. The number of amides is 2. The number of methoxy groups -OCH3 is 1. The Morgan fingerprint density at radius 2 is 1.40 bits per heavy atom. The molecule has 11 heteroatoms. The number of carbonyl (C=O) groups excluding carboxylic acids is 2. The molecule has 0 saturated heterocycles. The van der Waals surface area contributed by atoms with Gasteiger partial charge in [0.15, 0.2) is 0 Å². The molecule has 0 heterocycles. The number of hydrogen-bond acceptors (Lipinski definition) is 5. The van der Waals surface area contributed by atoms with E-state index >= 15 is 0 Å². The van der Waals surface area contributed by atoms with Crippen LogP contribution in [0, 0.1) is 0 Å². The Labute approximate surface area is 274 Å². The molecule has 4 aromatic rings. The van der Waals surface area contributed by atoms with Gasteiger partial charge in [-0.2, -0.15) is 0 Å². The maximum absolute atomic E-state index is 14.5. The van der Waals surface area contributed by atoms with Crippen molar-refractivity contribution >= 4 is 50.7 Å². The number of ether oxygens (including phenoxy) is 1. The number of rotatable bonds is 13. The number of benzene rings is 4. The smallest absolute Gasteiger partial charge is 0.264 e. The molecule has 8 nitrogen and oxygen atoms in total. The van der Waals surface area contributed by atoms with Crippen molar-refractivity contribution in [2.75, 3.05) is 18.0 Å². The van der Waals surface area contributed by atoms with Crippen LogP contribution in [0.1, 0.15) is 25.0 Å². The summed E-state index contributed by atoms with van der Waals surface area (Å²) in [6.45, 7) is 2.91. The van der Waals surface area contributed by atoms with Gasteiger partial charge in [0.2, 0.25) is 11.8 Å². The van der Waals surface area contributed by atoms with Gasteiger partial charge in [0.05, 0.1) is 17.7 Å². The molecular weight excluding hydrogens is 633 g/mol. The van der Waals surface area contributed by atoms with Crippen molar-refractivity contribution in [3.63, 3.8) is 0 Å². The Kier molecular flexibility index (Phi) is 11.5. The predicted molar refractivity (Wildman–Crippen MR) is 178 cm³/mol. The van der Waals surface area contributed by atoms with Gasteiger partial charge in [0.1, 0.15) is 18.3 Å². The van der Waals surface area contributed by atoms with Crippen LogP contribution in [0.5, 0.6) is 5.75 Å². The fourth-order valence-corrected chi connectivity index (χ4v) is 6.74. The second kappa shape index (κ2) is 15.3. The largest absolute Gasteiger partial charge is 0.497 e. The highest BCUT2D eigenvalue weighted by atomic mass is 35.5. The number of hydrogen-bond donors (Lipinski definition) is 1. The number of anilines is 1. The number of nitrogens with zero attached hydrogens (tertiary/aromatic N) is 2. The summed E-state index contributed by atoms with van der Waals surface area (Å²) in [4.78, 5) is 29.7. The maximum Gasteiger partial charge on any atom is 0.264 e. The van der Waals surface area contributed by atoms with Gasteiger partial charge in [-0.15, -0.1) is 0 Å². The summed E-state index contributed by atoms with van der Waals surface area (Å²) < 4.78 is 34.4. The molecule has 0 aliphatic rings. The third kappa shape index (κ3) is 8.57. The van der Waals surface area contributed by atoms with Crippen LogP contribution in [0.4, 0.5) is 5.69 Å². The average molecular weight is 669 g/mol. The molecule has 0 unspecified atom stereocenters. The van der Waals surface area contributed by atoms with Crippen molar-refractivity contribution in [2.45, 2.75) is 43.8 Å². The Balaban J connectivity index is 1.83. The highest BCUT2D eigenvalue weighted by Gasteiger charge is 2.35. The lowest BCUT2D eigenvalue weighted by Crippen LogP contribution is -2.54. The van der Waals surface area contributed by atoms with Crippen molar-refractivity contribution in [1.82, 2.24) is 10.2 Å². The first-order chi connectivity index (χ1) is 21.5. The molecule has 4 rings (SSSR count). The second-order valence-electron chi connectivity index (χ2n) is 10.6. The predicted octanol–water partition coefficient (Wildman–Crippen LogP) is 6.36. The van der Waals surface area contributed by atoms with E-state index in [0.717, 1.165) is 9.87 Å². The quantitative estimate of drug-likeness (QED) is 0.179. The fourth-order valence-electron chi connectivity index (χ4n) is 4.79. The number of carbonyl (C=O) groups is 2. The molecule has 0 aliphatic carbocycles. The highest BCUT2D eigenvalue weighted by Crippen LogP contribution is 2.29. The van der Waals surface area contributed by atoms with Gasteiger partial charge < -0.3 is 15.0 Å². The highest BCUT2D eigenvalue weighted by molar-refractivity contribution is 7.92. The van der Waals surface area contributed by atoms with E-state index in [-0.39, 0.29) is 29.6 Å². The molecule has 4 aromatic carbocycles. The van der Waals surface area contributed by atoms with Crippen LogP contribution in [0.3, 0.4) is 0 Å². The van der Waals surface area contributed by atoms with Crippen LogP contribution in [0.15, 0.2) is 108 Å². The Morgan fingerprint density at radius 1 is 0.822 bits per heavy atom. The summed E-state index contributed by atoms with van der Waals surface area (Å²) in [5, 5.41) is 3.55. The molecule has 0 spiro atoms. The van der Waals surface area contributed by atoms with Gasteiger partial charge in [-0.3, -0.25) is 13.9 Å². The van der Waals surface area contributed by atoms with Crippen LogP contribution in [-0.4, -0.2) is 50.9 Å². The fraction of sp³-hybridized carbons (Fsp3) is 0.235. The number of nitrogens with one attached hydrogen (secondary N) is 1. The molecule has 0 fully saturated rings. The van der Waals surface area contributed by atoms with Crippen molar-refractivity contribution in [3.05, 3.63) is 124 Å². The molecule has 1 N–H and O–H groups in total. The van der Waals surface area contributed by atoms with E-state index in [4.69, 9.17) is 27.9 Å². The SMILES string of the molecule is COc1ccc(N(CC(=O)N(Cc2c(Cl)cccc2Cl)[C@H](Cc2ccccc2)C(=O)NC(C)C)S(=O)(=O)c2ccccc2)cc1. The number of sulfonamides is 1. The molecule has 45 heavy (non-hydrogen) atoms. The molecule has 2 amide bonds. The van der Waals surface area contributed by atoms with Gasteiger partial charge in [-0.1, -0.05) is 77.8 Å². The average Bonchev–Trinajstić information content (AvgIpc) is 3.03. The summed E-state index contributed by atoms with van der Waals surface area (Å²) in [6.07, 6.45) is 0.168. The third-order valence-electron chi connectivity index (χ3n) is 7.06. The van der Waals surface area contributed by atoms with E-state index in [1.54, 1.807) is 60.7 Å².